The highest BCUT2D eigenvalue weighted by molar-refractivity contribution is 5.57. The lowest BCUT2D eigenvalue weighted by Crippen LogP contribution is -2.29. The quantitative estimate of drug-likeness (QED) is 0.0514. The first-order valence-electron chi connectivity index (χ1n) is 16.5. The summed E-state index contributed by atoms with van der Waals surface area (Å²) < 4.78 is 29.5. The molecule has 3 rings (SSSR count). The van der Waals surface area contributed by atoms with Gasteiger partial charge < -0.3 is 18.9 Å². The Bertz CT molecular complexity index is 1140. The second-order valence-corrected chi connectivity index (χ2v) is 11.0. The van der Waals surface area contributed by atoms with Crippen molar-refractivity contribution in [1.82, 2.24) is 4.57 Å². The molecular formula is C39H53N2O4+. The van der Waals surface area contributed by atoms with Crippen molar-refractivity contribution < 1.29 is 23.5 Å². The molecule has 0 radical (unpaired) electrons. The first-order chi connectivity index (χ1) is 22.2. The molecule has 0 spiro atoms. The van der Waals surface area contributed by atoms with E-state index in [1.807, 2.05) is 79.4 Å². The van der Waals surface area contributed by atoms with Crippen molar-refractivity contribution >= 4 is 0 Å². The minimum atomic E-state index is 0.622. The molecule has 0 aliphatic carbocycles. The third kappa shape index (κ3) is 12.0. The molecule has 0 saturated carbocycles. The average Bonchev–Trinajstić information content (AvgIpc) is 3.54. The average molecular weight is 614 g/mol. The number of ether oxygens (including phenoxy) is 4. The van der Waals surface area contributed by atoms with E-state index in [1.165, 1.54) is 0 Å². The van der Waals surface area contributed by atoms with E-state index in [-0.39, 0.29) is 0 Å². The molecule has 0 fully saturated rings. The van der Waals surface area contributed by atoms with E-state index in [4.69, 9.17) is 18.9 Å². The van der Waals surface area contributed by atoms with E-state index in [1.54, 1.807) is 0 Å². The summed E-state index contributed by atoms with van der Waals surface area (Å²) in [5.41, 5.74) is 1.75. The SMILES string of the molecule is C=CCCCCOc1cccc(OCCCCC=C)c1-n1cc[n+](-c2c(OCCCCC=C)cccc2OCCCCC=C)c1. The van der Waals surface area contributed by atoms with Gasteiger partial charge in [0.2, 0.25) is 11.4 Å². The zero-order chi connectivity index (χ0) is 32.0. The molecule has 1 aromatic heterocycles. The van der Waals surface area contributed by atoms with Gasteiger partial charge in [-0.25, -0.2) is 0 Å². The molecule has 0 aliphatic heterocycles. The number of benzene rings is 2. The van der Waals surface area contributed by atoms with Crippen LogP contribution in [-0.4, -0.2) is 31.0 Å². The number of rotatable bonds is 26. The Morgan fingerprint density at radius 2 is 0.911 bits per heavy atom. The van der Waals surface area contributed by atoms with Gasteiger partial charge in [0.1, 0.15) is 12.4 Å². The van der Waals surface area contributed by atoms with Crippen LogP contribution in [0.3, 0.4) is 0 Å². The third-order valence-corrected chi connectivity index (χ3v) is 7.32. The van der Waals surface area contributed by atoms with Gasteiger partial charge in [0.25, 0.3) is 6.33 Å². The summed E-state index contributed by atoms with van der Waals surface area (Å²) in [4.78, 5) is 0. The van der Waals surface area contributed by atoms with Crippen molar-refractivity contribution in [3.05, 3.63) is 106 Å². The van der Waals surface area contributed by atoms with Gasteiger partial charge in [-0.15, -0.1) is 26.3 Å². The highest BCUT2D eigenvalue weighted by atomic mass is 16.5. The highest BCUT2D eigenvalue weighted by Crippen LogP contribution is 2.34. The zero-order valence-corrected chi connectivity index (χ0v) is 27.2. The van der Waals surface area contributed by atoms with Crippen LogP contribution >= 0.6 is 0 Å². The predicted octanol–water partition coefficient (Wildman–Crippen LogP) is 9.69. The molecule has 0 bridgehead atoms. The van der Waals surface area contributed by atoms with Crippen LogP contribution in [0.2, 0.25) is 0 Å². The lowest BCUT2D eigenvalue weighted by atomic mass is 10.2. The number of unbranched alkanes of at least 4 members (excludes halogenated alkanes) is 8. The van der Waals surface area contributed by atoms with Crippen LogP contribution in [0.5, 0.6) is 23.0 Å². The Kier molecular flexibility index (Phi) is 16.9. The molecule has 0 saturated heterocycles. The van der Waals surface area contributed by atoms with Crippen LogP contribution in [0.4, 0.5) is 0 Å². The fraction of sp³-hybridized carbons (Fsp3) is 0.410. The molecule has 0 N–H and O–H groups in total. The number of hydrogen-bond acceptors (Lipinski definition) is 4. The van der Waals surface area contributed by atoms with Gasteiger partial charge in [0, 0.05) is 0 Å². The first kappa shape index (κ1) is 35.3. The molecular weight excluding hydrogens is 560 g/mol. The van der Waals surface area contributed by atoms with Crippen molar-refractivity contribution in [2.75, 3.05) is 26.4 Å². The summed E-state index contributed by atoms with van der Waals surface area (Å²) >= 11 is 0. The second kappa shape index (κ2) is 21.5. The number of aromatic nitrogens is 2. The number of nitrogens with zero attached hydrogens (tertiary/aromatic N) is 2. The monoisotopic (exact) mass is 613 g/mol. The smallest absolute Gasteiger partial charge is 0.254 e. The summed E-state index contributed by atoms with van der Waals surface area (Å²) in [5, 5.41) is 0. The Morgan fingerprint density at radius 1 is 0.533 bits per heavy atom. The maximum atomic E-state index is 6.34. The molecule has 0 amide bonds. The molecule has 45 heavy (non-hydrogen) atoms. The normalized spacial score (nSPS) is 10.7. The summed E-state index contributed by atoms with van der Waals surface area (Å²) in [6.45, 7) is 17.8. The number of imidazole rings is 1. The minimum absolute atomic E-state index is 0.622. The van der Waals surface area contributed by atoms with Gasteiger partial charge in [-0.1, -0.05) is 36.4 Å². The van der Waals surface area contributed by atoms with E-state index < -0.39 is 0 Å². The molecule has 6 nitrogen and oxygen atoms in total. The maximum absolute atomic E-state index is 6.34. The van der Waals surface area contributed by atoms with Crippen molar-refractivity contribution in [2.45, 2.75) is 77.0 Å². The summed E-state index contributed by atoms with van der Waals surface area (Å²) in [7, 11) is 0. The van der Waals surface area contributed by atoms with Gasteiger partial charge in [-0.2, -0.15) is 9.13 Å². The lowest BCUT2D eigenvalue weighted by molar-refractivity contribution is -0.595. The fourth-order valence-electron chi connectivity index (χ4n) is 4.89. The number of hydrogen-bond donors (Lipinski definition) is 0. The predicted molar refractivity (Wildman–Crippen MR) is 185 cm³/mol. The summed E-state index contributed by atoms with van der Waals surface area (Å²) in [6.07, 6.45) is 25.8. The van der Waals surface area contributed by atoms with E-state index in [2.05, 4.69) is 35.4 Å². The van der Waals surface area contributed by atoms with Crippen LogP contribution in [0, 0.1) is 0 Å². The summed E-state index contributed by atoms with van der Waals surface area (Å²) in [5.74, 6) is 3.13. The standard InChI is InChI=1S/C39H53N2O4/c1-5-9-13-17-29-42-34-23-21-24-35(43-30-18-14-10-6-2)38(34)40-27-28-41(33-40)39-36(44-31-19-15-11-7-3)25-22-26-37(39)45-32-20-16-12-8-4/h5-8,21-28,33H,1-4,9-20,29-32H2/q+1. The van der Waals surface area contributed by atoms with Gasteiger partial charge >= 0.3 is 0 Å². The van der Waals surface area contributed by atoms with Gasteiger partial charge in [0.05, 0.1) is 26.4 Å². The van der Waals surface area contributed by atoms with Gasteiger partial charge in [-0.05, 0) is 101 Å². The highest BCUT2D eigenvalue weighted by Gasteiger charge is 2.23. The van der Waals surface area contributed by atoms with Crippen molar-refractivity contribution in [3.8, 4) is 34.4 Å². The van der Waals surface area contributed by atoms with E-state index >= 15 is 0 Å². The van der Waals surface area contributed by atoms with Crippen LogP contribution in [0.25, 0.3) is 11.4 Å². The van der Waals surface area contributed by atoms with E-state index in [0.717, 1.165) is 111 Å². The van der Waals surface area contributed by atoms with Crippen molar-refractivity contribution in [1.29, 1.82) is 0 Å². The van der Waals surface area contributed by atoms with Crippen LogP contribution in [0.15, 0.2) is 106 Å². The molecule has 3 aromatic rings. The van der Waals surface area contributed by atoms with E-state index in [0.29, 0.717) is 26.4 Å². The van der Waals surface area contributed by atoms with Crippen LogP contribution in [0.1, 0.15) is 77.0 Å². The Balaban J connectivity index is 1.93. The number of allylic oxidation sites excluding steroid dienone is 4. The molecule has 0 aliphatic rings. The van der Waals surface area contributed by atoms with E-state index in [9.17, 15) is 0 Å². The fourth-order valence-corrected chi connectivity index (χ4v) is 4.89. The van der Waals surface area contributed by atoms with Crippen molar-refractivity contribution in [2.24, 2.45) is 0 Å². The summed E-state index contributed by atoms with van der Waals surface area (Å²) in [6, 6.07) is 12.0. The maximum Gasteiger partial charge on any atom is 0.254 e. The van der Waals surface area contributed by atoms with Crippen molar-refractivity contribution in [3.63, 3.8) is 0 Å². The van der Waals surface area contributed by atoms with Crippen LogP contribution in [-0.2, 0) is 0 Å². The first-order valence-corrected chi connectivity index (χ1v) is 16.5. The third-order valence-electron chi connectivity index (χ3n) is 7.32. The van der Waals surface area contributed by atoms with Crippen LogP contribution < -0.4 is 23.5 Å². The molecule has 1 heterocycles. The van der Waals surface area contributed by atoms with Gasteiger partial charge in [-0.3, -0.25) is 0 Å². The Morgan fingerprint density at radius 3 is 1.31 bits per heavy atom. The largest absolute Gasteiger partial charge is 0.489 e. The molecule has 6 heteroatoms. The topological polar surface area (TPSA) is 45.7 Å². The lowest BCUT2D eigenvalue weighted by Gasteiger charge is -2.15. The molecule has 2 aromatic carbocycles. The van der Waals surface area contributed by atoms with Gasteiger partial charge in [0.15, 0.2) is 23.0 Å². The Hall–Kier alpha value is -4.19. The minimum Gasteiger partial charge on any atom is -0.489 e. The molecule has 0 unspecified atom stereocenters. The zero-order valence-electron chi connectivity index (χ0n) is 27.2. The molecule has 242 valence electrons. The second-order valence-electron chi connectivity index (χ2n) is 11.0. The Labute approximate surface area is 271 Å². The number of para-hydroxylation sites is 2. The molecule has 0 atom stereocenters.